The summed E-state index contributed by atoms with van der Waals surface area (Å²) in [6, 6.07) is 15.2. The third-order valence-electron chi connectivity index (χ3n) is 3.97. The summed E-state index contributed by atoms with van der Waals surface area (Å²) in [5.74, 6) is 3.37. The monoisotopic (exact) mass is 378 g/mol. The third kappa shape index (κ3) is 4.25. The van der Waals surface area contributed by atoms with Crippen molar-refractivity contribution in [1.82, 2.24) is 9.97 Å². The van der Waals surface area contributed by atoms with E-state index in [1.807, 2.05) is 56.3 Å². The molecular formula is C21H22N4O3. The van der Waals surface area contributed by atoms with E-state index in [1.54, 1.807) is 12.3 Å². The molecule has 0 amide bonds. The van der Waals surface area contributed by atoms with Crippen molar-refractivity contribution in [1.29, 1.82) is 0 Å². The molecule has 2 aromatic carbocycles. The first-order valence-corrected chi connectivity index (χ1v) is 9.20. The fourth-order valence-electron chi connectivity index (χ4n) is 2.80. The second kappa shape index (κ2) is 8.04. The lowest BCUT2D eigenvalue weighted by molar-refractivity contribution is 0.171. The number of rotatable bonds is 6. The van der Waals surface area contributed by atoms with Gasteiger partial charge < -0.3 is 24.8 Å². The van der Waals surface area contributed by atoms with Gasteiger partial charge in [-0.15, -0.1) is 0 Å². The predicted molar refractivity (Wildman–Crippen MR) is 108 cm³/mol. The topological polar surface area (TPSA) is 77.5 Å². The Labute approximate surface area is 163 Å². The molecule has 0 fully saturated rings. The van der Waals surface area contributed by atoms with Gasteiger partial charge in [0.05, 0.1) is 11.8 Å². The molecule has 2 N–H and O–H groups in total. The largest absolute Gasteiger partial charge is 0.489 e. The minimum absolute atomic E-state index is 0.0841. The molecule has 7 nitrogen and oxygen atoms in total. The van der Waals surface area contributed by atoms with E-state index in [1.165, 1.54) is 0 Å². The van der Waals surface area contributed by atoms with Crippen LogP contribution < -0.4 is 24.8 Å². The molecule has 0 spiro atoms. The fourth-order valence-corrected chi connectivity index (χ4v) is 2.80. The van der Waals surface area contributed by atoms with Crippen LogP contribution in [-0.4, -0.2) is 29.3 Å². The van der Waals surface area contributed by atoms with Gasteiger partial charge >= 0.3 is 0 Å². The van der Waals surface area contributed by atoms with Crippen molar-refractivity contribution in [2.24, 2.45) is 0 Å². The first-order chi connectivity index (χ1) is 13.7. The predicted octanol–water partition coefficient (Wildman–Crippen LogP) is 4.52. The zero-order valence-corrected chi connectivity index (χ0v) is 15.8. The molecule has 0 bridgehead atoms. The summed E-state index contributed by atoms with van der Waals surface area (Å²) in [7, 11) is 0. The maximum atomic E-state index is 5.85. The standard InChI is InChI=1S/C21H22N4O3/c1-14(2)28-17-6-4-3-5-16(17)24-20-9-10-22-21(25-20)23-15-7-8-18-19(13-15)27-12-11-26-18/h3-10,13-14H,11-12H2,1-2H3,(H2,22,23,24,25). The minimum Gasteiger partial charge on any atom is -0.489 e. The van der Waals surface area contributed by atoms with Crippen LogP contribution >= 0.6 is 0 Å². The first kappa shape index (κ1) is 17.9. The van der Waals surface area contributed by atoms with Crippen molar-refractivity contribution >= 4 is 23.1 Å². The molecule has 28 heavy (non-hydrogen) atoms. The average Bonchev–Trinajstić information content (AvgIpc) is 2.69. The first-order valence-electron chi connectivity index (χ1n) is 9.20. The Morgan fingerprint density at radius 2 is 1.79 bits per heavy atom. The van der Waals surface area contributed by atoms with Gasteiger partial charge in [0, 0.05) is 18.0 Å². The molecule has 3 aromatic rings. The Morgan fingerprint density at radius 3 is 2.64 bits per heavy atom. The minimum atomic E-state index is 0.0841. The van der Waals surface area contributed by atoms with Crippen LogP contribution in [0.5, 0.6) is 17.2 Å². The van der Waals surface area contributed by atoms with Gasteiger partial charge in [-0.2, -0.15) is 4.98 Å². The number of benzene rings is 2. The summed E-state index contributed by atoms with van der Waals surface area (Å²) in [5.41, 5.74) is 1.67. The van der Waals surface area contributed by atoms with Gasteiger partial charge in [-0.25, -0.2) is 4.98 Å². The molecule has 0 aliphatic carbocycles. The smallest absolute Gasteiger partial charge is 0.229 e. The van der Waals surface area contributed by atoms with E-state index in [2.05, 4.69) is 20.6 Å². The fraction of sp³-hybridized carbons (Fsp3) is 0.238. The average molecular weight is 378 g/mol. The van der Waals surface area contributed by atoms with Crippen LogP contribution in [0.4, 0.5) is 23.1 Å². The molecule has 0 radical (unpaired) electrons. The van der Waals surface area contributed by atoms with Crippen LogP contribution in [0.2, 0.25) is 0 Å². The highest BCUT2D eigenvalue weighted by Crippen LogP contribution is 2.33. The molecule has 1 aliphatic heterocycles. The molecule has 4 rings (SSSR count). The molecule has 1 aliphatic rings. The van der Waals surface area contributed by atoms with Crippen molar-refractivity contribution in [2.75, 3.05) is 23.8 Å². The van der Waals surface area contributed by atoms with Gasteiger partial charge in [-0.05, 0) is 44.2 Å². The normalized spacial score (nSPS) is 12.5. The number of aromatic nitrogens is 2. The second-order valence-corrected chi connectivity index (χ2v) is 6.54. The van der Waals surface area contributed by atoms with Crippen molar-refractivity contribution < 1.29 is 14.2 Å². The van der Waals surface area contributed by atoms with Gasteiger partial charge in [0.2, 0.25) is 5.95 Å². The van der Waals surface area contributed by atoms with Crippen LogP contribution in [0, 0.1) is 0 Å². The summed E-state index contributed by atoms with van der Waals surface area (Å²) in [6.45, 7) is 5.11. The number of nitrogens with zero attached hydrogens (tertiary/aromatic N) is 2. The number of fused-ring (bicyclic) bond motifs is 1. The molecule has 144 valence electrons. The summed E-state index contributed by atoms with van der Waals surface area (Å²) in [4.78, 5) is 8.83. The summed E-state index contributed by atoms with van der Waals surface area (Å²) < 4.78 is 17.0. The summed E-state index contributed by atoms with van der Waals surface area (Å²) in [6.07, 6.45) is 1.78. The molecule has 0 unspecified atom stereocenters. The number of anilines is 4. The Morgan fingerprint density at radius 1 is 0.964 bits per heavy atom. The maximum Gasteiger partial charge on any atom is 0.229 e. The van der Waals surface area contributed by atoms with E-state index in [0.29, 0.717) is 30.7 Å². The van der Waals surface area contributed by atoms with Gasteiger partial charge in [0.1, 0.15) is 24.8 Å². The quantitative estimate of drug-likeness (QED) is 0.653. The number of nitrogens with one attached hydrogen (secondary N) is 2. The number of para-hydroxylation sites is 2. The van der Waals surface area contributed by atoms with Crippen molar-refractivity contribution in [3.63, 3.8) is 0 Å². The molecule has 2 heterocycles. The van der Waals surface area contributed by atoms with Crippen LogP contribution in [0.3, 0.4) is 0 Å². The molecule has 7 heteroatoms. The Kier molecular flexibility index (Phi) is 5.14. The van der Waals surface area contributed by atoms with Crippen molar-refractivity contribution in [3.8, 4) is 17.2 Å². The van der Waals surface area contributed by atoms with E-state index < -0.39 is 0 Å². The second-order valence-electron chi connectivity index (χ2n) is 6.54. The van der Waals surface area contributed by atoms with E-state index in [4.69, 9.17) is 14.2 Å². The highest BCUT2D eigenvalue weighted by molar-refractivity contribution is 5.65. The molecule has 0 saturated heterocycles. The highest BCUT2D eigenvalue weighted by atomic mass is 16.6. The van der Waals surface area contributed by atoms with E-state index in [0.717, 1.165) is 22.9 Å². The van der Waals surface area contributed by atoms with E-state index in [-0.39, 0.29) is 6.10 Å². The lowest BCUT2D eigenvalue weighted by atomic mass is 10.2. The SMILES string of the molecule is CC(C)Oc1ccccc1Nc1ccnc(Nc2ccc3c(c2)OCCO3)n1. The van der Waals surface area contributed by atoms with Crippen LogP contribution in [0.1, 0.15) is 13.8 Å². The number of hydrogen-bond donors (Lipinski definition) is 2. The van der Waals surface area contributed by atoms with Crippen molar-refractivity contribution in [3.05, 3.63) is 54.7 Å². The Hall–Kier alpha value is -3.48. The van der Waals surface area contributed by atoms with Gasteiger partial charge in [-0.3, -0.25) is 0 Å². The van der Waals surface area contributed by atoms with Gasteiger partial charge in [-0.1, -0.05) is 12.1 Å². The van der Waals surface area contributed by atoms with E-state index in [9.17, 15) is 0 Å². The summed E-state index contributed by atoms with van der Waals surface area (Å²) >= 11 is 0. The maximum absolute atomic E-state index is 5.85. The zero-order valence-electron chi connectivity index (χ0n) is 15.8. The highest BCUT2D eigenvalue weighted by Gasteiger charge is 2.12. The Balaban J connectivity index is 1.51. The summed E-state index contributed by atoms with van der Waals surface area (Å²) in [5, 5.41) is 6.49. The van der Waals surface area contributed by atoms with Gasteiger partial charge in [0.25, 0.3) is 0 Å². The van der Waals surface area contributed by atoms with Crippen LogP contribution in [-0.2, 0) is 0 Å². The van der Waals surface area contributed by atoms with Crippen molar-refractivity contribution in [2.45, 2.75) is 20.0 Å². The van der Waals surface area contributed by atoms with Crippen LogP contribution in [0.15, 0.2) is 54.7 Å². The van der Waals surface area contributed by atoms with E-state index >= 15 is 0 Å². The lowest BCUT2D eigenvalue weighted by Gasteiger charge is -2.19. The molecule has 0 atom stereocenters. The Bertz CT molecular complexity index is 962. The molecule has 1 aromatic heterocycles. The number of ether oxygens (including phenoxy) is 3. The molecule has 0 saturated carbocycles. The lowest BCUT2D eigenvalue weighted by Crippen LogP contribution is -2.15. The number of hydrogen-bond acceptors (Lipinski definition) is 7. The zero-order chi connectivity index (χ0) is 19.3. The van der Waals surface area contributed by atoms with Crippen LogP contribution in [0.25, 0.3) is 0 Å². The molecular weight excluding hydrogens is 356 g/mol. The van der Waals surface area contributed by atoms with Gasteiger partial charge in [0.15, 0.2) is 11.5 Å². The third-order valence-corrected chi connectivity index (χ3v) is 3.97.